The van der Waals surface area contributed by atoms with Crippen LogP contribution in [0, 0.1) is 17.7 Å². The Bertz CT molecular complexity index is 423. The molecule has 2 unspecified atom stereocenters. The van der Waals surface area contributed by atoms with E-state index in [0.29, 0.717) is 11.8 Å². The maximum Gasteiger partial charge on any atom is 0.165 e. The van der Waals surface area contributed by atoms with Gasteiger partial charge in [-0.3, -0.25) is 0 Å². The molecule has 1 saturated carbocycles. The van der Waals surface area contributed by atoms with E-state index in [4.69, 9.17) is 10.5 Å². The first kappa shape index (κ1) is 13.3. The van der Waals surface area contributed by atoms with Crippen LogP contribution in [0.5, 0.6) is 5.75 Å². The lowest BCUT2D eigenvalue weighted by atomic mass is 9.69. The molecular weight excluding hydrogens is 229 g/mol. The Hall–Kier alpha value is -1.09. The second-order valence-corrected chi connectivity index (χ2v) is 5.86. The van der Waals surface area contributed by atoms with Crippen molar-refractivity contribution in [3.05, 3.63) is 29.6 Å². The maximum absolute atomic E-state index is 13.8. The first-order valence-corrected chi connectivity index (χ1v) is 6.57. The molecule has 0 aliphatic heterocycles. The zero-order valence-electron chi connectivity index (χ0n) is 11.4. The number of hydrogen-bond donors (Lipinski definition) is 1. The van der Waals surface area contributed by atoms with Gasteiger partial charge in [0.15, 0.2) is 11.6 Å². The fraction of sp³-hybridized carbons (Fsp3) is 0.600. The summed E-state index contributed by atoms with van der Waals surface area (Å²) in [6, 6.07) is 5.10. The summed E-state index contributed by atoms with van der Waals surface area (Å²) in [4.78, 5) is 0. The van der Waals surface area contributed by atoms with Crippen LogP contribution >= 0.6 is 0 Å². The monoisotopic (exact) mass is 251 g/mol. The highest BCUT2D eigenvalue weighted by Crippen LogP contribution is 2.41. The van der Waals surface area contributed by atoms with E-state index >= 15 is 0 Å². The van der Waals surface area contributed by atoms with E-state index in [9.17, 15) is 4.39 Å². The van der Waals surface area contributed by atoms with Gasteiger partial charge in [0.2, 0.25) is 0 Å². The second-order valence-electron chi connectivity index (χ2n) is 5.86. The minimum absolute atomic E-state index is 0.277. The zero-order chi connectivity index (χ0) is 13.3. The molecule has 1 aliphatic carbocycles. The normalized spacial score (nSPS) is 32.3. The van der Waals surface area contributed by atoms with Gasteiger partial charge in [0, 0.05) is 5.54 Å². The topological polar surface area (TPSA) is 35.2 Å². The van der Waals surface area contributed by atoms with Gasteiger partial charge in [-0.25, -0.2) is 4.39 Å². The Labute approximate surface area is 108 Å². The Morgan fingerprint density at radius 1 is 1.28 bits per heavy atom. The van der Waals surface area contributed by atoms with Gasteiger partial charge in [0.1, 0.15) is 0 Å². The van der Waals surface area contributed by atoms with E-state index in [-0.39, 0.29) is 11.6 Å². The Balaban J connectivity index is 2.31. The molecule has 0 amide bonds. The van der Waals surface area contributed by atoms with Crippen molar-refractivity contribution in [2.45, 2.75) is 38.6 Å². The molecule has 0 heterocycles. The first-order chi connectivity index (χ1) is 8.44. The van der Waals surface area contributed by atoms with Gasteiger partial charge in [0.05, 0.1) is 7.11 Å². The summed E-state index contributed by atoms with van der Waals surface area (Å²) >= 11 is 0. The first-order valence-electron chi connectivity index (χ1n) is 6.57. The van der Waals surface area contributed by atoms with E-state index in [1.165, 1.54) is 19.6 Å². The number of ether oxygens (including phenoxy) is 1. The van der Waals surface area contributed by atoms with Crippen LogP contribution in [-0.2, 0) is 5.54 Å². The van der Waals surface area contributed by atoms with Crippen LogP contribution in [-0.4, -0.2) is 7.11 Å². The highest BCUT2D eigenvalue weighted by molar-refractivity contribution is 5.33. The fourth-order valence-electron chi connectivity index (χ4n) is 3.39. The van der Waals surface area contributed by atoms with Crippen LogP contribution in [0.1, 0.15) is 38.7 Å². The third kappa shape index (κ3) is 2.51. The number of rotatable bonds is 2. The smallest absolute Gasteiger partial charge is 0.165 e. The van der Waals surface area contributed by atoms with Crippen LogP contribution in [0.25, 0.3) is 0 Å². The fourth-order valence-corrected chi connectivity index (χ4v) is 3.39. The highest BCUT2D eigenvalue weighted by atomic mass is 19.1. The number of nitrogens with two attached hydrogens (primary N) is 1. The summed E-state index contributed by atoms with van der Waals surface area (Å²) in [5, 5.41) is 0. The molecule has 2 rings (SSSR count). The van der Waals surface area contributed by atoms with Gasteiger partial charge in [-0.2, -0.15) is 0 Å². The SMILES string of the molecule is COc1ccc(C2(N)CC(C)CC(C)C2)cc1F. The van der Waals surface area contributed by atoms with Gasteiger partial charge in [-0.05, 0) is 48.8 Å². The van der Waals surface area contributed by atoms with Crippen LogP contribution in [0.4, 0.5) is 4.39 Å². The zero-order valence-corrected chi connectivity index (χ0v) is 11.4. The molecule has 2 N–H and O–H groups in total. The Morgan fingerprint density at radius 2 is 1.89 bits per heavy atom. The number of benzene rings is 1. The van der Waals surface area contributed by atoms with Crippen LogP contribution < -0.4 is 10.5 Å². The van der Waals surface area contributed by atoms with Crippen molar-refractivity contribution >= 4 is 0 Å². The summed E-state index contributed by atoms with van der Waals surface area (Å²) in [5.41, 5.74) is 7.00. The van der Waals surface area contributed by atoms with Crippen molar-refractivity contribution in [2.75, 3.05) is 7.11 Å². The standard InChI is InChI=1S/C15H22FNO/c1-10-6-11(2)9-15(17,8-10)12-4-5-14(18-3)13(16)7-12/h4-5,7,10-11H,6,8-9,17H2,1-3H3. The molecule has 1 aromatic carbocycles. The average molecular weight is 251 g/mol. The van der Waals surface area contributed by atoms with Crippen molar-refractivity contribution < 1.29 is 9.13 Å². The molecule has 2 atom stereocenters. The molecule has 18 heavy (non-hydrogen) atoms. The molecule has 0 bridgehead atoms. The Kier molecular flexibility index (Phi) is 3.62. The molecule has 0 radical (unpaired) electrons. The van der Waals surface area contributed by atoms with Crippen molar-refractivity contribution in [2.24, 2.45) is 17.6 Å². The maximum atomic E-state index is 13.8. The lowest BCUT2D eigenvalue weighted by Crippen LogP contribution is -2.43. The molecule has 0 spiro atoms. The molecule has 1 aromatic rings. The average Bonchev–Trinajstić information content (AvgIpc) is 2.27. The van der Waals surface area contributed by atoms with Gasteiger partial charge in [0.25, 0.3) is 0 Å². The summed E-state index contributed by atoms with van der Waals surface area (Å²) in [6.07, 6.45) is 3.05. The predicted molar refractivity (Wildman–Crippen MR) is 71.0 cm³/mol. The molecule has 1 fully saturated rings. The van der Waals surface area contributed by atoms with Crippen molar-refractivity contribution in [3.8, 4) is 5.75 Å². The molecule has 3 heteroatoms. The molecule has 0 saturated heterocycles. The lowest BCUT2D eigenvalue weighted by Gasteiger charge is -2.40. The van der Waals surface area contributed by atoms with Crippen molar-refractivity contribution in [1.29, 1.82) is 0 Å². The van der Waals surface area contributed by atoms with E-state index < -0.39 is 5.54 Å². The van der Waals surface area contributed by atoms with E-state index in [1.54, 1.807) is 6.07 Å². The van der Waals surface area contributed by atoms with Gasteiger partial charge in [-0.1, -0.05) is 19.9 Å². The van der Waals surface area contributed by atoms with Crippen LogP contribution in [0.2, 0.25) is 0 Å². The van der Waals surface area contributed by atoms with E-state index in [1.807, 2.05) is 6.07 Å². The van der Waals surface area contributed by atoms with E-state index in [0.717, 1.165) is 18.4 Å². The lowest BCUT2D eigenvalue weighted by molar-refractivity contribution is 0.183. The minimum atomic E-state index is -0.399. The number of hydrogen-bond acceptors (Lipinski definition) is 2. The van der Waals surface area contributed by atoms with Gasteiger partial charge < -0.3 is 10.5 Å². The van der Waals surface area contributed by atoms with Gasteiger partial charge >= 0.3 is 0 Å². The summed E-state index contributed by atoms with van der Waals surface area (Å²) < 4.78 is 18.7. The third-order valence-electron chi connectivity index (χ3n) is 3.96. The molecule has 1 aliphatic rings. The quantitative estimate of drug-likeness (QED) is 0.873. The van der Waals surface area contributed by atoms with Crippen LogP contribution in [0.3, 0.4) is 0 Å². The summed E-state index contributed by atoms with van der Waals surface area (Å²) in [5.74, 6) is 1.12. The molecule has 0 aromatic heterocycles. The number of methoxy groups -OCH3 is 1. The van der Waals surface area contributed by atoms with Crippen molar-refractivity contribution in [3.63, 3.8) is 0 Å². The van der Waals surface area contributed by atoms with Crippen LogP contribution in [0.15, 0.2) is 18.2 Å². The number of halogens is 1. The van der Waals surface area contributed by atoms with E-state index in [2.05, 4.69) is 13.8 Å². The summed E-state index contributed by atoms with van der Waals surface area (Å²) in [7, 11) is 1.47. The highest BCUT2D eigenvalue weighted by Gasteiger charge is 2.36. The second kappa shape index (κ2) is 4.88. The minimum Gasteiger partial charge on any atom is -0.494 e. The third-order valence-corrected chi connectivity index (χ3v) is 3.96. The predicted octanol–water partition coefficient (Wildman–Crippen LogP) is 3.44. The molecule has 2 nitrogen and oxygen atoms in total. The van der Waals surface area contributed by atoms with Gasteiger partial charge in [-0.15, -0.1) is 0 Å². The molecule has 100 valence electrons. The Morgan fingerprint density at radius 3 is 2.39 bits per heavy atom. The largest absolute Gasteiger partial charge is 0.494 e. The summed E-state index contributed by atoms with van der Waals surface area (Å²) in [6.45, 7) is 4.44. The van der Waals surface area contributed by atoms with Crippen molar-refractivity contribution in [1.82, 2.24) is 0 Å². The molecular formula is C15H22FNO.